The van der Waals surface area contributed by atoms with Crippen molar-refractivity contribution in [2.75, 3.05) is 18.1 Å². The Morgan fingerprint density at radius 3 is 2.80 bits per heavy atom. The summed E-state index contributed by atoms with van der Waals surface area (Å²) in [6, 6.07) is 1.99. The molecular weight excluding hydrogens is 298 g/mol. The van der Waals surface area contributed by atoms with E-state index >= 15 is 0 Å². The van der Waals surface area contributed by atoms with Crippen molar-refractivity contribution in [1.82, 2.24) is 5.32 Å². The second-order valence-corrected chi connectivity index (χ2v) is 7.43. The van der Waals surface area contributed by atoms with Crippen LogP contribution in [-0.4, -0.2) is 26.5 Å². The third kappa shape index (κ3) is 4.63. The summed E-state index contributed by atoms with van der Waals surface area (Å²) >= 11 is 5.08. The van der Waals surface area contributed by atoms with Crippen molar-refractivity contribution in [3.63, 3.8) is 0 Å². The summed E-state index contributed by atoms with van der Waals surface area (Å²) in [5.74, 6) is 0.434. The number of thiophene rings is 1. The lowest BCUT2D eigenvalue weighted by molar-refractivity contribution is 0.592. The first-order valence-corrected chi connectivity index (χ1v) is 8.17. The van der Waals surface area contributed by atoms with Gasteiger partial charge in [0.15, 0.2) is 9.84 Å². The number of halogens is 1. The summed E-state index contributed by atoms with van der Waals surface area (Å²) in [6.45, 7) is 2.91. The van der Waals surface area contributed by atoms with Gasteiger partial charge in [-0.1, -0.05) is 6.92 Å². The average molecular weight is 312 g/mol. The van der Waals surface area contributed by atoms with E-state index in [1.165, 1.54) is 4.88 Å². The molecule has 0 aliphatic carbocycles. The molecule has 0 aromatic carbocycles. The fourth-order valence-corrected chi connectivity index (χ4v) is 3.23. The largest absolute Gasteiger partial charge is 0.311 e. The Morgan fingerprint density at radius 2 is 2.27 bits per heavy atom. The molecule has 0 unspecified atom stereocenters. The lowest BCUT2D eigenvalue weighted by atomic mass is 10.4. The zero-order valence-corrected chi connectivity index (χ0v) is 11.7. The number of rotatable bonds is 6. The van der Waals surface area contributed by atoms with Crippen LogP contribution in [0, 0.1) is 0 Å². The van der Waals surface area contributed by atoms with E-state index in [2.05, 4.69) is 21.2 Å². The Morgan fingerprint density at radius 1 is 1.53 bits per heavy atom. The van der Waals surface area contributed by atoms with Gasteiger partial charge in [0.2, 0.25) is 0 Å². The van der Waals surface area contributed by atoms with E-state index in [1.54, 1.807) is 18.3 Å². The molecule has 0 spiro atoms. The molecule has 0 aliphatic heterocycles. The molecule has 0 saturated heterocycles. The fourth-order valence-electron chi connectivity index (χ4n) is 1.03. The first-order chi connectivity index (χ1) is 7.05. The van der Waals surface area contributed by atoms with E-state index in [4.69, 9.17) is 0 Å². The molecule has 0 atom stereocenters. The van der Waals surface area contributed by atoms with Gasteiger partial charge in [-0.25, -0.2) is 8.42 Å². The van der Waals surface area contributed by atoms with Gasteiger partial charge in [-0.15, -0.1) is 11.3 Å². The molecule has 1 aromatic rings. The fraction of sp³-hybridized carbons (Fsp3) is 0.556. The van der Waals surface area contributed by atoms with Crippen LogP contribution in [0.3, 0.4) is 0 Å². The summed E-state index contributed by atoms with van der Waals surface area (Å²) in [4.78, 5) is 1.20. The summed E-state index contributed by atoms with van der Waals surface area (Å²) < 4.78 is 23.4. The SMILES string of the molecule is CCS(=O)(=O)CCNCc1sccc1Br. The number of hydrogen-bond acceptors (Lipinski definition) is 4. The highest BCUT2D eigenvalue weighted by atomic mass is 79.9. The van der Waals surface area contributed by atoms with Crippen molar-refractivity contribution < 1.29 is 8.42 Å². The Kier molecular flexibility index (Phi) is 5.25. The normalized spacial score (nSPS) is 11.9. The van der Waals surface area contributed by atoms with Gasteiger partial charge in [0.05, 0.1) is 5.75 Å². The minimum Gasteiger partial charge on any atom is -0.311 e. The molecule has 0 saturated carbocycles. The molecule has 1 N–H and O–H groups in total. The predicted molar refractivity (Wildman–Crippen MR) is 68.1 cm³/mol. The van der Waals surface area contributed by atoms with Gasteiger partial charge in [-0.05, 0) is 27.4 Å². The Labute approximate surface area is 103 Å². The Hall–Kier alpha value is 0.0900. The van der Waals surface area contributed by atoms with E-state index in [1.807, 2.05) is 11.4 Å². The summed E-state index contributed by atoms with van der Waals surface area (Å²) in [5, 5.41) is 5.12. The van der Waals surface area contributed by atoms with Crippen LogP contribution in [0.5, 0.6) is 0 Å². The van der Waals surface area contributed by atoms with Crippen molar-refractivity contribution >= 4 is 37.1 Å². The minimum atomic E-state index is -2.84. The second-order valence-electron chi connectivity index (χ2n) is 3.10. The maximum Gasteiger partial charge on any atom is 0.151 e. The maximum absolute atomic E-state index is 11.2. The van der Waals surface area contributed by atoms with Crippen LogP contribution >= 0.6 is 27.3 Å². The highest BCUT2D eigenvalue weighted by Gasteiger charge is 2.06. The van der Waals surface area contributed by atoms with Gasteiger partial charge in [0.1, 0.15) is 0 Å². The van der Waals surface area contributed by atoms with Crippen molar-refractivity contribution in [3.8, 4) is 0 Å². The smallest absolute Gasteiger partial charge is 0.151 e. The number of hydrogen-bond donors (Lipinski definition) is 1. The summed E-state index contributed by atoms with van der Waals surface area (Å²) in [7, 11) is -2.84. The summed E-state index contributed by atoms with van der Waals surface area (Å²) in [5.41, 5.74) is 0. The van der Waals surface area contributed by atoms with Crippen LogP contribution in [0.15, 0.2) is 15.9 Å². The zero-order valence-electron chi connectivity index (χ0n) is 8.49. The molecule has 86 valence electrons. The third-order valence-corrected chi connectivity index (χ3v) is 5.64. The molecule has 1 rings (SSSR count). The molecule has 3 nitrogen and oxygen atoms in total. The van der Waals surface area contributed by atoms with E-state index in [0.717, 1.165) is 11.0 Å². The maximum atomic E-state index is 11.2. The van der Waals surface area contributed by atoms with Gasteiger partial charge in [0.25, 0.3) is 0 Å². The Bertz CT molecular complexity index is 400. The van der Waals surface area contributed by atoms with E-state index < -0.39 is 9.84 Å². The number of nitrogens with one attached hydrogen (secondary N) is 1. The van der Waals surface area contributed by atoms with Crippen LogP contribution in [0.4, 0.5) is 0 Å². The zero-order chi connectivity index (χ0) is 11.3. The van der Waals surface area contributed by atoms with Crippen LogP contribution in [0.2, 0.25) is 0 Å². The van der Waals surface area contributed by atoms with Crippen molar-refractivity contribution in [3.05, 3.63) is 20.8 Å². The molecule has 0 radical (unpaired) electrons. The third-order valence-electron chi connectivity index (χ3n) is 2.01. The van der Waals surface area contributed by atoms with Crippen LogP contribution < -0.4 is 5.32 Å². The van der Waals surface area contributed by atoms with Crippen molar-refractivity contribution in [2.45, 2.75) is 13.5 Å². The van der Waals surface area contributed by atoms with Gasteiger partial charge in [-0.3, -0.25) is 0 Å². The summed E-state index contributed by atoms with van der Waals surface area (Å²) in [6.07, 6.45) is 0. The predicted octanol–water partition coefficient (Wildman–Crippen LogP) is 2.03. The Balaban J connectivity index is 2.26. The highest BCUT2D eigenvalue weighted by molar-refractivity contribution is 9.10. The molecular formula is C9H14BrNO2S2. The molecule has 15 heavy (non-hydrogen) atoms. The topological polar surface area (TPSA) is 46.2 Å². The van der Waals surface area contributed by atoms with E-state index in [0.29, 0.717) is 6.54 Å². The van der Waals surface area contributed by atoms with Crippen molar-refractivity contribution in [1.29, 1.82) is 0 Å². The lowest BCUT2D eigenvalue weighted by Crippen LogP contribution is -2.23. The van der Waals surface area contributed by atoms with Crippen LogP contribution in [0.1, 0.15) is 11.8 Å². The van der Waals surface area contributed by atoms with Crippen molar-refractivity contribution in [2.24, 2.45) is 0 Å². The first-order valence-electron chi connectivity index (χ1n) is 4.68. The number of sulfone groups is 1. The molecule has 1 heterocycles. The van der Waals surface area contributed by atoms with Gasteiger partial charge < -0.3 is 5.32 Å². The van der Waals surface area contributed by atoms with Gasteiger partial charge in [-0.2, -0.15) is 0 Å². The first kappa shape index (κ1) is 13.2. The van der Waals surface area contributed by atoms with Gasteiger partial charge >= 0.3 is 0 Å². The van der Waals surface area contributed by atoms with Crippen LogP contribution in [0.25, 0.3) is 0 Å². The minimum absolute atomic E-state index is 0.215. The second kappa shape index (κ2) is 5.98. The molecule has 0 bridgehead atoms. The highest BCUT2D eigenvalue weighted by Crippen LogP contribution is 2.21. The molecule has 0 aliphatic rings. The molecule has 1 aromatic heterocycles. The van der Waals surface area contributed by atoms with E-state index in [9.17, 15) is 8.42 Å². The molecule has 0 fully saturated rings. The standard InChI is InChI=1S/C9H14BrNO2S2/c1-2-15(12,13)6-4-11-7-9-8(10)3-5-14-9/h3,5,11H,2,4,6-7H2,1H3. The lowest BCUT2D eigenvalue weighted by Gasteiger charge is -2.03. The van der Waals surface area contributed by atoms with E-state index in [-0.39, 0.29) is 11.5 Å². The average Bonchev–Trinajstić information content (AvgIpc) is 2.59. The van der Waals surface area contributed by atoms with Gasteiger partial charge in [0, 0.05) is 28.2 Å². The van der Waals surface area contributed by atoms with Crippen LogP contribution in [-0.2, 0) is 16.4 Å². The molecule has 0 amide bonds. The molecule has 6 heteroatoms. The monoisotopic (exact) mass is 311 g/mol. The quantitative estimate of drug-likeness (QED) is 0.818.